The monoisotopic (exact) mass is 197 g/mol. The van der Waals surface area contributed by atoms with E-state index in [2.05, 4.69) is 0 Å². The van der Waals surface area contributed by atoms with E-state index < -0.39 is 0 Å². The number of rotatable bonds is 4. The summed E-state index contributed by atoms with van der Waals surface area (Å²) < 4.78 is 10.1. The first-order valence-electron chi connectivity index (χ1n) is 4.32. The zero-order valence-corrected chi connectivity index (χ0v) is 8.36. The van der Waals surface area contributed by atoms with Gasteiger partial charge in [-0.3, -0.25) is 0 Å². The van der Waals surface area contributed by atoms with Gasteiger partial charge < -0.3 is 20.3 Å². The fourth-order valence-corrected chi connectivity index (χ4v) is 1.28. The SMILES string of the molecule is COc1ccc(C(CN)OC)cc1O. The van der Waals surface area contributed by atoms with Crippen LogP contribution in [0.1, 0.15) is 11.7 Å². The Kier molecular flexibility index (Phi) is 3.73. The fraction of sp³-hybridized carbons (Fsp3) is 0.400. The second-order valence-corrected chi connectivity index (χ2v) is 2.89. The third-order valence-electron chi connectivity index (χ3n) is 2.07. The molecule has 1 aromatic carbocycles. The Bertz CT molecular complexity index is 297. The van der Waals surface area contributed by atoms with Gasteiger partial charge in [-0.15, -0.1) is 0 Å². The second kappa shape index (κ2) is 4.83. The zero-order chi connectivity index (χ0) is 10.6. The lowest BCUT2D eigenvalue weighted by Gasteiger charge is -2.14. The summed E-state index contributed by atoms with van der Waals surface area (Å²) in [6, 6.07) is 5.10. The molecule has 0 aliphatic carbocycles. The average molecular weight is 197 g/mol. The first-order chi connectivity index (χ1) is 6.72. The van der Waals surface area contributed by atoms with Crippen LogP contribution in [-0.2, 0) is 4.74 Å². The molecule has 0 aromatic heterocycles. The Labute approximate surface area is 83.3 Å². The molecule has 14 heavy (non-hydrogen) atoms. The lowest BCUT2D eigenvalue weighted by molar-refractivity contribution is 0.110. The van der Waals surface area contributed by atoms with E-state index >= 15 is 0 Å². The van der Waals surface area contributed by atoms with E-state index in [9.17, 15) is 5.11 Å². The van der Waals surface area contributed by atoms with E-state index in [1.54, 1.807) is 19.2 Å². The van der Waals surface area contributed by atoms with Crippen molar-refractivity contribution in [2.24, 2.45) is 5.73 Å². The molecule has 0 radical (unpaired) electrons. The molecule has 0 spiro atoms. The molecule has 4 nitrogen and oxygen atoms in total. The predicted molar refractivity (Wildman–Crippen MR) is 53.5 cm³/mol. The van der Waals surface area contributed by atoms with Crippen LogP contribution >= 0.6 is 0 Å². The topological polar surface area (TPSA) is 64.7 Å². The minimum atomic E-state index is -0.188. The number of nitrogens with two attached hydrogens (primary N) is 1. The summed E-state index contributed by atoms with van der Waals surface area (Å²) in [6.07, 6.45) is -0.188. The third-order valence-corrected chi connectivity index (χ3v) is 2.07. The van der Waals surface area contributed by atoms with Crippen LogP contribution in [-0.4, -0.2) is 25.9 Å². The number of phenolic OH excluding ortho intramolecular Hbond substituents is 1. The molecule has 1 atom stereocenters. The summed E-state index contributed by atoms with van der Waals surface area (Å²) in [4.78, 5) is 0. The van der Waals surface area contributed by atoms with E-state index in [0.29, 0.717) is 12.3 Å². The molecule has 1 unspecified atom stereocenters. The van der Waals surface area contributed by atoms with Gasteiger partial charge in [0.1, 0.15) is 0 Å². The molecule has 0 aliphatic heterocycles. The van der Waals surface area contributed by atoms with Crippen LogP contribution in [0.4, 0.5) is 0 Å². The molecule has 1 rings (SSSR count). The van der Waals surface area contributed by atoms with Crippen molar-refractivity contribution in [3.05, 3.63) is 23.8 Å². The molecule has 0 aliphatic rings. The Hall–Kier alpha value is -1.26. The lowest BCUT2D eigenvalue weighted by atomic mass is 10.1. The molecule has 0 fully saturated rings. The van der Waals surface area contributed by atoms with Crippen LogP contribution in [0, 0.1) is 0 Å². The molecule has 1 aromatic rings. The summed E-state index contributed by atoms with van der Waals surface area (Å²) in [5.41, 5.74) is 6.34. The maximum atomic E-state index is 9.51. The highest BCUT2D eigenvalue weighted by Gasteiger charge is 2.10. The van der Waals surface area contributed by atoms with Crippen molar-refractivity contribution in [3.8, 4) is 11.5 Å². The number of aromatic hydroxyl groups is 1. The molecular weight excluding hydrogens is 182 g/mol. The summed E-state index contributed by atoms with van der Waals surface area (Å²) in [6.45, 7) is 0.377. The van der Waals surface area contributed by atoms with Crippen molar-refractivity contribution in [1.82, 2.24) is 0 Å². The van der Waals surface area contributed by atoms with Crippen molar-refractivity contribution in [3.63, 3.8) is 0 Å². The van der Waals surface area contributed by atoms with Crippen LogP contribution in [0.2, 0.25) is 0 Å². The van der Waals surface area contributed by atoms with Crippen LogP contribution in [0.5, 0.6) is 11.5 Å². The van der Waals surface area contributed by atoms with E-state index in [0.717, 1.165) is 5.56 Å². The molecule has 0 saturated heterocycles. The predicted octanol–water partition coefficient (Wildman–Crippen LogP) is 1.05. The highest BCUT2D eigenvalue weighted by molar-refractivity contribution is 5.42. The lowest BCUT2D eigenvalue weighted by Crippen LogP contribution is -2.13. The Morgan fingerprint density at radius 3 is 2.57 bits per heavy atom. The molecule has 0 saturated carbocycles. The largest absolute Gasteiger partial charge is 0.504 e. The van der Waals surface area contributed by atoms with Gasteiger partial charge in [0.15, 0.2) is 11.5 Å². The number of benzene rings is 1. The first kappa shape index (κ1) is 10.8. The summed E-state index contributed by atoms with van der Waals surface area (Å²) in [7, 11) is 3.09. The van der Waals surface area contributed by atoms with Gasteiger partial charge in [-0.05, 0) is 17.7 Å². The van der Waals surface area contributed by atoms with Crippen molar-refractivity contribution in [1.29, 1.82) is 0 Å². The average Bonchev–Trinajstić information content (AvgIpc) is 2.20. The minimum Gasteiger partial charge on any atom is -0.504 e. The Morgan fingerprint density at radius 2 is 2.14 bits per heavy atom. The molecule has 78 valence electrons. The molecule has 0 bridgehead atoms. The summed E-state index contributed by atoms with van der Waals surface area (Å²) >= 11 is 0. The number of ether oxygens (including phenoxy) is 2. The smallest absolute Gasteiger partial charge is 0.160 e. The Morgan fingerprint density at radius 1 is 1.43 bits per heavy atom. The molecular formula is C10H15NO3. The van der Waals surface area contributed by atoms with E-state index in [1.807, 2.05) is 6.07 Å². The van der Waals surface area contributed by atoms with E-state index in [1.165, 1.54) is 7.11 Å². The summed E-state index contributed by atoms with van der Waals surface area (Å²) in [5, 5.41) is 9.51. The van der Waals surface area contributed by atoms with E-state index in [4.69, 9.17) is 15.2 Å². The van der Waals surface area contributed by atoms with Gasteiger partial charge in [-0.25, -0.2) is 0 Å². The zero-order valence-electron chi connectivity index (χ0n) is 8.36. The van der Waals surface area contributed by atoms with E-state index in [-0.39, 0.29) is 11.9 Å². The van der Waals surface area contributed by atoms with Crippen LogP contribution in [0.3, 0.4) is 0 Å². The highest BCUT2D eigenvalue weighted by atomic mass is 16.5. The van der Waals surface area contributed by atoms with Crippen LogP contribution in [0.25, 0.3) is 0 Å². The maximum Gasteiger partial charge on any atom is 0.160 e. The third kappa shape index (κ3) is 2.16. The number of hydrogen-bond acceptors (Lipinski definition) is 4. The van der Waals surface area contributed by atoms with Gasteiger partial charge in [0, 0.05) is 13.7 Å². The summed E-state index contributed by atoms with van der Waals surface area (Å²) in [5.74, 6) is 0.543. The molecule has 3 N–H and O–H groups in total. The number of methoxy groups -OCH3 is 2. The minimum absolute atomic E-state index is 0.0977. The first-order valence-corrected chi connectivity index (χ1v) is 4.32. The highest BCUT2D eigenvalue weighted by Crippen LogP contribution is 2.29. The number of hydrogen-bond donors (Lipinski definition) is 2. The van der Waals surface area contributed by atoms with Gasteiger partial charge in [0.05, 0.1) is 13.2 Å². The fourth-order valence-electron chi connectivity index (χ4n) is 1.28. The van der Waals surface area contributed by atoms with Crippen molar-refractivity contribution < 1.29 is 14.6 Å². The van der Waals surface area contributed by atoms with Crippen molar-refractivity contribution in [2.75, 3.05) is 20.8 Å². The van der Waals surface area contributed by atoms with Crippen LogP contribution < -0.4 is 10.5 Å². The molecule has 0 heterocycles. The van der Waals surface area contributed by atoms with Crippen molar-refractivity contribution >= 4 is 0 Å². The molecule has 4 heteroatoms. The van der Waals surface area contributed by atoms with Crippen LogP contribution in [0.15, 0.2) is 18.2 Å². The van der Waals surface area contributed by atoms with Crippen molar-refractivity contribution in [2.45, 2.75) is 6.10 Å². The quantitative estimate of drug-likeness (QED) is 0.757. The second-order valence-electron chi connectivity index (χ2n) is 2.89. The Balaban J connectivity index is 2.95. The molecule has 0 amide bonds. The van der Waals surface area contributed by atoms with Gasteiger partial charge in [-0.1, -0.05) is 6.07 Å². The van der Waals surface area contributed by atoms with Gasteiger partial charge in [0.25, 0.3) is 0 Å². The normalized spacial score (nSPS) is 12.5. The van der Waals surface area contributed by atoms with Gasteiger partial charge >= 0.3 is 0 Å². The number of phenols is 1. The van der Waals surface area contributed by atoms with Gasteiger partial charge in [0.2, 0.25) is 0 Å². The van der Waals surface area contributed by atoms with Gasteiger partial charge in [-0.2, -0.15) is 0 Å². The maximum absolute atomic E-state index is 9.51. The standard InChI is InChI=1S/C10H15NO3/c1-13-9-4-3-7(5-8(9)12)10(6-11)14-2/h3-5,10,12H,6,11H2,1-2H3.